The van der Waals surface area contributed by atoms with E-state index in [9.17, 15) is 4.79 Å². The Morgan fingerprint density at radius 1 is 1.36 bits per heavy atom. The summed E-state index contributed by atoms with van der Waals surface area (Å²) in [6.45, 7) is 2.47. The zero-order chi connectivity index (χ0) is 19.7. The number of aryl methyl sites for hydroxylation is 2. The number of carbonyl (C=O) groups is 1. The molecule has 12 heteroatoms. The fourth-order valence-electron chi connectivity index (χ4n) is 2.50. The molecule has 0 radical (unpaired) electrons. The first-order valence-electron chi connectivity index (χ1n) is 8.34. The van der Waals surface area contributed by atoms with Crippen LogP contribution in [0.25, 0.3) is 23.0 Å². The number of rotatable bonds is 5. The van der Waals surface area contributed by atoms with Crippen LogP contribution in [0.5, 0.6) is 0 Å². The topological polar surface area (TPSA) is 155 Å². The van der Waals surface area contributed by atoms with E-state index < -0.39 is 5.91 Å². The monoisotopic (exact) mass is 380 g/mol. The van der Waals surface area contributed by atoms with Crippen molar-refractivity contribution in [3.05, 3.63) is 36.5 Å². The van der Waals surface area contributed by atoms with E-state index in [4.69, 9.17) is 10.2 Å². The molecule has 1 amide bonds. The molecule has 0 atom stereocenters. The Hall–Kier alpha value is -4.09. The minimum absolute atomic E-state index is 0.102. The number of nitrogens with one attached hydrogen (secondary N) is 1. The Morgan fingerprint density at radius 3 is 2.96 bits per heavy atom. The summed E-state index contributed by atoms with van der Waals surface area (Å²) in [5, 5.41) is 19.1. The van der Waals surface area contributed by atoms with Crippen LogP contribution < -0.4 is 11.1 Å². The number of tetrazole rings is 1. The van der Waals surface area contributed by atoms with Gasteiger partial charge >= 0.3 is 0 Å². The lowest BCUT2D eigenvalue weighted by Gasteiger charge is -2.00. The number of amides is 1. The van der Waals surface area contributed by atoms with E-state index in [-0.39, 0.29) is 11.6 Å². The summed E-state index contributed by atoms with van der Waals surface area (Å²) < 4.78 is 6.94. The van der Waals surface area contributed by atoms with E-state index in [1.165, 1.54) is 17.3 Å². The Kier molecular flexibility index (Phi) is 4.27. The molecule has 0 aliphatic carbocycles. The van der Waals surface area contributed by atoms with Gasteiger partial charge in [-0.2, -0.15) is 9.90 Å². The van der Waals surface area contributed by atoms with Crippen LogP contribution in [0, 0.1) is 0 Å². The van der Waals surface area contributed by atoms with E-state index in [1.54, 1.807) is 30.1 Å². The van der Waals surface area contributed by atoms with Crippen LogP contribution in [0.15, 0.2) is 35.2 Å². The van der Waals surface area contributed by atoms with Crippen LogP contribution in [0.2, 0.25) is 0 Å². The molecule has 0 saturated carbocycles. The summed E-state index contributed by atoms with van der Waals surface area (Å²) in [7, 11) is 1.73. The second-order valence-corrected chi connectivity index (χ2v) is 5.83. The maximum absolute atomic E-state index is 12.6. The minimum Gasteiger partial charge on any atom is -0.444 e. The number of hydrogen-bond acceptors (Lipinski definition) is 9. The fourth-order valence-corrected chi connectivity index (χ4v) is 2.50. The van der Waals surface area contributed by atoms with Gasteiger partial charge in [0.25, 0.3) is 5.91 Å². The molecule has 0 aliphatic rings. The van der Waals surface area contributed by atoms with Gasteiger partial charge in [0.1, 0.15) is 12.1 Å². The molecule has 0 fully saturated rings. The SMILES string of the molecule is CCn1nnc(-c2nn(C)cc2NC(=O)c2coc(-c3ccnc(N)c3)n2)n1. The number of carbonyl (C=O) groups excluding carboxylic acids is 1. The van der Waals surface area contributed by atoms with Crippen molar-refractivity contribution >= 4 is 17.4 Å². The fraction of sp³-hybridized carbons (Fsp3) is 0.188. The summed E-state index contributed by atoms with van der Waals surface area (Å²) in [5.74, 6) is 0.438. The predicted octanol–water partition coefficient (Wildman–Crippen LogP) is 0.978. The first-order valence-corrected chi connectivity index (χ1v) is 8.34. The molecule has 28 heavy (non-hydrogen) atoms. The molecule has 0 bridgehead atoms. The quantitative estimate of drug-likeness (QED) is 0.515. The molecule has 0 unspecified atom stereocenters. The van der Waals surface area contributed by atoms with Crippen molar-refractivity contribution < 1.29 is 9.21 Å². The highest BCUT2D eigenvalue weighted by atomic mass is 16.3. The van der Waals surface area contributed by atoms with Crippen molar-refractivity contribution in [3.63, 3.8) is 0 Å². The number of hydrogen-bond donors (Lipinski definition) is 2. The average molecular weight is 380 g/mol. The molecule has 0 spiro atoms. The van der Waals surface area contributed by atoms with Crippen molar-refractivity contribution in [2.75, 3.05) is 11.1 Å². The Labute approximate surface area is 158 Å². The number of nitrogens with zero attached hydrogens (tertiary/aromatic N) is 8. The highest BCUT2D eigenvalue weighted by Gasteiger charge is 2.20. The van der Waals surface area contributed by atoms with Crippen molar-refractivity contribution in [1.29, 1.82) is 0 Å². The zero-order valence-corrected chi connectivity index (χ0v) is 15.1. The molecule has 4 aromatic rings. The lowest BCUT2D eigenvalue weighted by molar-refractivity contribution is 0.102. The molecule has 4 aromatic heterocycles. The van der Waals surface area contributed by atoms with Gasteiger partial charge in [-0.3, -0.25) is 9.48 Å². The lowest BCUT2D eigenvalue weighted by Crippen LogP contribution is -2.12. The predicted molar refractivity (Wildman–Crippen MR) is 97.8 cm³/mol. The molecule has 0 aromatic carbocycles. The van der Waals surface area contributed by atoms with Crippen LogP contribution in [0.3, 0.4) is 0 Å². The van der Waals surface area contributed by atoms with Crippen LogP contribution in [-0.2, 0) is 13.6 Å². The highest BCUT2D eigenvalue weighted by molar-refractivity contribution is 6.04. The van der Waals surface area contributed by atoms with Gasteiger partial charge in [-0.15, -0.1) is 10.2 Å². The molecule has 0 saturated heterocycles. The van der Waals surface area contributed by atoms with Crippen LogP contribution in [0.4, 0.5) is 11.5 Å². The molecule has 0 aliphatic heterocycles. The minimum atomic E-state index is -0.464. The zero-order valence-electron chi connectivity index (χ0n) is 15.1. The number of nitrogens with two attached hydrogens (primary N) is 1. The second kappa shape index (κ2) is 6.90. The standard InChI is InChI=1S/C16H16N10O2/c1-3-26-23-14(21-24-26)13-10(7-25(2)22-13)19-15(27)11-8-28-16(20-11)9-4-5-18-12(17)6-9/h4-8H,3H2,1-2H3,(H2,17,18)(H,19,27). The third-order valence-corrected chi connectivity index (χ3v) is 3.79. The number of oxazole rings is 1. The van der Waals surface area contributed by atoms with Crippen molar-refractivity contribution in [2.45, 2.75) is 13.5 Å². The molecule has 4 rings (SSSR count). The maximum Gasteiger partial charge on any atom is 0.277 e. The van der Waals surface area contributed by atoms with Gasteiger partial charge in [0.15, 0.2) is 11.4 Å². The first-order chi connectivity index (χ1) is 13.5. The van der Waals surface area contributed by atoms with E-state index in [2.05, 4.69) is 35.8 Å². The summed E-state index contributed by atoms with van der Waals surface area (Å²) >= 11 is 0. The summed E-state index contributed by atoms with van der Waals surface area (Å²) in [5.41, 5.74) is 7.22. The molecule has 142 valence electrons. The maximum atomic E-state index is 12.6. The van der Waals surface area contributed by atoms with Crippen molar-refractivity contribution in [1.82, 2.24) is 40.0 Å². The summed E-state index contributed by atoms with van der Waals surface area (Å²) in [6.07, 6.45) is 4.44. The normalized spacial score (nSPS) is 10.9. The third kappa shape index (κ3) is 3.30. The smallest absolute Gasteiger partial charge is 0.277 e. The number of nitrogen functional groups attached to an aromatic ring is 1. The van der Waals surface area contributed by atoms with E-state index in [0.717, 1.165) is 0 Å². The Morgan fingerprint density at radius 2 is 2.21 bits per heavy atom. The van der Waals surface area contributed by atoms with Gasteiger partial charge in [0.05, 0.1) is 12.2 Å². The largest absolute Gasteiger partial charge is 0.444 e. The van der Waals surface area contributed by atoms with E-state index >= 15 is 0 Å². The van der Waals surface area contributed by atoms with Gasteiger partial charge in [-0.05, 0) is 24.3 Å². The first kappa shape index (κ1) is 17.3. The van der Waals surface area contributed by atoms with Crippen molar-refractivity contribution in [2.24, 2.45) is 7.05 Å². The number of pyridine rings is 1. The molecule has 4 heterocycles. The Bertz CT molecular complexity index is 1140. The van der Waals surface area contributed by atoms with Crippen LogP contribution in [-0.4, -0.2) is 45.9 Å². The third-order valence-electron chi connectivity index (χ3n) is 3.79. The number of anilines is 2. The van der Waals surface area contributed by atoms with Crippen LogP contribution in [0.1, 0.15) is 17.4 Å². The molecule has 3 N–H and O–H groups in total. The lowest BCUT2D eigenvalue weighted by atomic mass is 10.2. The van der Waals surface area contributed by atoms with E-state index in [1.807, 2.05) is 6.92 Å². The van der Waals surface area contributed by atoms with Gasteiger partial charge in [-0.1, -0.05) is 0 Å². The average Bonchev–Trinajstić information content (AvgIpc) is 3.41. The van der Waals surface area contributed by atoms with Crippen LogP contribution >= 0.6 is 0 Å². The molecule has 12 nitrogen and oxygen atoms in total. The van der Waals surface area contributed by atoms with E-state index in [0.29, 0.717) is 35.1 Å². The van der Waals surface area contributed by atoms with Gasteiger partial charge in [-0.25, -0.2) is 9.97 Å². The van der Waals surface area contributed by atoms with Gasteiger partial charge in [0, 0.05) is 25.0 Å². The van der Waals surface area contributed by atoms with Gasteiger partial charge in [0.2, 0.25) is 11.7 Å². The Balaban J connectivity index is 1.58. The number of aromatic nitrogens is 8. The summed E-state index contributed by atoms with van der Waals surface area (Å²) in [6, 6.07) is 3.29. The molecular weight excluding hydrogens is 364 g/mol. The second-order valence-electron chi connectivity index (χ2n) is 5.83. The highest BCUT2D eigenvalue weighted by Crippen LogP contribution is 2.24. The van der Waals surface area contributed by atoms with Gasteiger partial charge < -0.3 is 15.5 Å². The summed E-state index contributed by atoms with van der Waals surface area (Å²) in [4.78, 5) is 22.2. The molecular formula is C16H16N10O2. The van der Waals surface area contributed by atoms with Crippen molar-refractivity contribution in [3.8, 4) is 23.0 Å².